The fourth-order valence-electron chi connectivity index (χ4n) is 1.75. The smallest absolute Gasteiger partial charge is 0.239 e. The molecule has 1 amide bonds. The van der Waals surface area contributed by atoms with Gasteiger partial charge in [-0.25, -0.2) is 0 Å². The van der Waals surface area contributed by atoms with Crippen molar-refractivity contribution in [3.63, 3.8) is 0 Å². The number of amides is 1. The van der Waals surface area contributed by atoms with Crippen LogP contribution in [0.3, 0.4) is 0 Å². The number of nitrogens with one attached hydrogen (secondary N) is 1. The molecule has 4 nitrogen and oxygen atoms in total. The number of carbonyl (C=O) groups excluding carboxylic acids is 1. The SMILES string of the molecule is CCN(CC(=O)NC(C)C)c1ccccc1C#N. The van der Waals surface area contributed by atoms with Gasteiger partial charge in [0.05, 0.1) is 17.8 Å². The molecule has 18 heavy (non-hydrogen) atoms. The van der Waals surface area contributed by atoms with Gasteiger partial charge in [-0.15, -0.1) is 0 Å². The van der Waals surface area contributed by atoms with E-state index in [0.29, 0.717) is 12.1 Å². The number of benzene rings is 1. The zero-order valence-corrected chi connectivity index (χ0v) is 11.1. The predicted octanol–water partition coefficient (Wildman–Crippen LogP) is 1.91. The Bertz CT molecular complexity index is 449. The summed E-state index contributed by atoms with van der Waals surface area (Å²) in [6.07, 6.45) is 0. The molecule has 0 aliphatic rings. The van der Waals surface area contributed by atoms with Gasteiger partial charge in [0.1, 0.15) is 6.07 Å². The lowest BCUT2D eigenvalue weighted by Crippen LogP contribution is -2.40. The molecule has 1 aromatic carbocycles. The number of hydrogen-bond donors (Lipinski definition) is 1. The lowest BCUT2D eigenvalue weighted by molar-refractivity contribution is -0.120. The summed E-state index contributed by atoms with van der Waals surface area (Å²) in [6.45, 7) is 6.78. The van der Waals surface area contributed by atoms with Gasteiger partial charge < -0.3 is 10.2 Å². The highest BCUT2D eigenvalue weighted by molar-refractivity contribution is 5.82. The lowest BCUT2D eigenvalue weighted by atomic mass is 10.1. The first-order valence-electron chi connectivity index (χ1n) is 6.12. The van der Waals surface area contributed by atoms with Gasteiger partial charge in [0.15, 0.2) is 0 Å². The number of rotatable bonds is 5. The van der Waals surface area contributed by atoms with Crippen molar-refractivity contribution >= 4 is 11.6 Å². The van der Waals surface area contributed by atoms with Crippen LogP contribution in [0.15, 0.2) is 24.3 Å². The molecule has 96 valence electrons. The molecule has 0 fully saturated rings. The molecule has 0 radical (unpaired) electrons. The standard InChI is InChI=1S/C14H19N3O/c1-4-17(10-14(18)16-11(2)3)13-8-6-5-7-12(13)9-15/h5-8,11H,4,10H2,1-3H3,(H,16,18). The highest BCUT2D eigenvalue weighted by Gasteiger charge is 2.13. The largest absolute Gasteiger partial charge is 0.361 e. The van der Waals surface area contributed by atoms with Crippen molar-refractivity contribution in [2.45, 2.75) is 26.8 Å². The molecule has 1 N–H and O–H groups in total. The monoisotopic (exact) mass is 245 g/mol. The number of hydrogen-bond acceptors (Lipinski definition) is 3. The molecule has 0 aliphatic heterocycles. The van der Waals surface area contributed by atoms with Crippen molar-refractivity contribution in [2.75, 3.05) is 18.0 Å². The third-order valence-corrected chi connectivity index (χ3v) is 2.53. The van der Waals surface area contributed by atoms with Crippen LogP contribution in [0, 0.1) is 11.3 Å². The maximum atomic E-state index is 11.8. The summed E-state index contributed by atoms with van der Waals surface area (Å²) < 4.78 is 0. The van der Waals surface area contributed by atoms with Gasteiger partial charge in [-0.2, -0.15) is 5.26 Å². The number of likely N-dealkylation sites (N-methyl/N-ethyl adjacent to an activating group) is 1. The van der Waals surface area contributed by atoms with Crippen LogP contribution < -0.4 is 10.2 Å². The third kappa shape index (κ3) is 3.77. The Labute approximate surface area is 108 Å². The average molecular weight is 245 g/mol. The number of carbonyl (C=O) groups is 1. The van der Waals surface area contributed by atoms with Crippen LogP contribution in [0.5, 0.6) is 0 Å². The molecule has 1 rings (SSSR count). The van der Waals surface area contributed by atoms with Crippen LogP contribution in [0.25, 0.3) is 0 Å². The van der Waals surface area contributed by atoms with E-state index in [4.69, 9.17) is 5.26 Å². The maximum Gasteiger partial charge on any atom is 0.239 e. The van der Waals surface area contributed by atoms with E-state index in [1.807, 2.05) is 43.9 Å². The summed E-state index contributed by atoms with van der Waals surface area (Å²) in [7, 11) is 0. The molecule has 0 spiro atoms. The second-order valence-corrected chi connectivity index (χ2v) is 4.37. The minimum atomic E-state index is -0.0282. The van der Waals surface area contributed by atoms with Gasteiger partial charge in [0.2, 0.25) is 5.91 Å². The summed E-state index contributed by atoms with van der Waals surface area (Å²) in [6, 6.07) is 9.60. The molecule has 0 atom stereocenters. The van der Waals surface area contributed by atoms with Gasteiger partial charge in [0, 0.05) is 12.6 Å². The van der Waals surface area contributed by atoms with E-state index in [-0.39, 0.29) is 18.5 Å². The summed E-state index contributed by atoms with van der Waals surface area (Å²) in [4.78, 5) is 13.7. The maximum absolute atomic E-state index is 11.8. The molecular weight excluding hydrogens is 226 g/mol. The predicted molar refractivity (Wildman–Crippen MR) is 72.3 cm³/mol. The van der Waals surface area contributed by atoms with Crippen molar-refractivity contribution < 1.29 is 4.79 Å². The van der Waals surface area contributed by atoms with Crippen LogP contribution >= 0.6 is 0 Å². The second-order valence-electron chi connectivity index (χ2n) is 4.37. The summed E-state index contributed by atoms with van der Waals surface area (Å²) in [5, 5.41) is 11.9. The van der Waals surface area contributed by atoms with Crippen molar-refractivity contribution in [1.82, 2.24) is 5.32 Å². The first kappa shape index (κ1) is 14.0. The number of para-hydroxylation sites is 1. The molecule has 0 saturated carbocycles. The lowest BCUT2D eigenvalue weighted by Gasteiger charge is -2.24. The normalized spacial score (nSPS) is 9.94. The molecule has 4 heteroatoms. The van der Waals surface area contributed by atoms with Gasteiger partial charge in [-0.05, 0) is 32.9 Å². The Balaban J connectivity index is 2.84. The Hall–Kier alpha value is -2.02. The molecule has 0 heterocycles. The number of nitrogens with zero attached hydrogens (tertiary/aromatic N) is 2. The van der Waals surface area contributed by atoms with E-state index >= 15 is 0 Å². The Morgan fingerprint density at radius 2 is 2.11 bits per heavy atom. The van der Waals surface area contributed by atoms with Crippen LogP contribution in [0.4, 0.5) is 5.69 Å². The minimum absolute atomic E-state index is 0.0282. The molecular formula is C14H19N3O. The van der Waals surface area contributed by atoms with Crippen molar-refractivity contribution in [1.29, 1.82) is 5.26 Å². The molecule has 0 unspecified atom stereocenters. The Morgan fingerprint density at radius 3 is 2.67 bits per heavy atom. The van der Waals surface area contributed by atoms with Gasteiger partial charge in [-0.1, -0.05) is 12.1 Å². The fourth-order valence-corrected chi connectivity index (χ4v) is 1.75. The molecule has 0 aliphatic carbocycles. The van der Waals surface area contributed by atoms with Gasteiger partial charge in [-0.3, -0.25) is 4.79 Å². The van der Waals surface area contributed by atoms with Crippen molar-refractivity contribution in [3.8, 4) is 6.07 Å². The average Bonchev–Trinajstić information content (AvgIpc) is 2.35. The van der Waals surface area contributed by atoms with Crippen LogP contribution in [-0.4, -0.2) is 25.0 Å². The molecule has 0 aromatic heterocycles. The van der Waals surface area contributed by atoms with Gasteiger partial charge in [0.25, 0.3) is 0 Å². The van der Waals surface area contributed by atoms with E-state index in [0.717, 1.165) is 5.69 Å². The zero-order valence-electron chi connectivity index (χ0n) is 11.1. The number of anilines is 1. The Kier molecular flexibility index (Phi) is 5.19. The van der Waals surface area contributed by atoms with Gasteiger partial charge >= 0.3 is 0 Å². The summed E-state index contributed by atoms with van der Waals surface area (Å²) in [5.74, 6) is -0.0282. The summed E-state index contributed by atoms with van der Waals surface area (Å²) >= 11 is 0. The zero-order chi connectivity index (χ0) is 13.5. The summed E-state index contributed by atoms with van der Waals surface area (Å²) in [5.41, 5.74) is 1.40. The highest BCUT2D eigenvalue weighted by atomic mass is 16.2. The van der Waals surface area contributed by atoms with E-state index in [2.05, 4.69) is 11.4 Å². The van der Waals surface area contributed by atoms with Crippen LogP contribution in [0.2, 0.25) is 0 Å². The molecule has 0 bridgehead atoms. The number of nitriles is 1. The highest BCUT2D eigenvalue weighted by Crippen LogP contribution is 2.18. The molecule has 1 aromatic rings. The van der Waals surface area contributed by atoms with Crippen molar-refractivity contribution in [2.24, 2.45) is 0 Å². The first-order valence-corrected chi connectivity index (χ1v) is 6.12. The first-order chi connectivity index (χ1) is 8.58. The quantitative estimate of drug-likeness (QED) is 0.862. The van der Waals surface area contributed by atoms with E-state index in [1.54, 1.807) is 6.07 Å². The third-order valence-electron chi connectivity index (χ3n) is 2.53. The van der Waals surface area contributed by atoms with E-state index in [9.17, 15) is 4.79 Å². The second kappa shape index (κ2) is 6.65. The van der Waals surface area contributed by atoms with E-state index < -0.39 is 0 Å². The van der Waals surface area contributed by atoms with E-state index in [1.165, 1.54) is 0 Å². The Morgan fingerprint density at radius 1 is 1.44 bits per heavy atom. The topological polar surface area (TPSA) is 56.1 Å². The minimum Gasteiger partial charge on any atom is -0.361 e. The fraction of sp³-hybridized carbons (Fsp3) is 0.429. The van der Waals surface area contributed by atoms with Crippen LogP contribution in [-0.2, 0) is 4.79 Å². The van der Waals surface area contributed by atoms with Crippen LogP contribution in [0.1, 0.15) is 26.3 Å². The molecule has 0 saturated heterocycles. The van der Waals surface area contributed by atoms with Crippen molar-refractivity contribution in [3.05, 3.63) is 29.8 Å².